The molecule has 0 unspecified atom stereocenters. The van der Waals surface area contributed by atoms with E-state index < -0.39 is 0 Å². The average Bonchev–Trinajstić information content (AvgIpc) is 2.99. The van der Waals surface area contributed by atoms with Crippen LogP contribution in [0.5, 0.6) is 0 Å². The lowest BCUT2D eigenvalue weighted by molar-refractivity contribution is -0.149. The number of para-hydroxylation sites is 2. The normalized spacial score (nSPS) is 16.0. The number of imidazole rings is 1. The van der Waals surface area contributed by atoms with Crippen LogP contribution in [0.25, 0.3) is 11.0 Å². The molecule has 19 heavy (non-hydrogen) atoms. The number of carbonyl (C=O) groups excluding carboxylic acids is 1. The van der Waals surface area contributed by atoms with E-state index in [1.807, 2.05) is 24.3 Å². The van der Waals surface area contributed by atoms with Crippen LogP contribution in [0.3, 0.4) is 0 Å². The molecule has 3 rings (SSSR count). The number of aromatic nitrogens is 2. The first kappa shape index (κ1) is 12.0. The highest BCUT2D eigenvalue weighted by Gasteiger charge is 2.20. The predicted octanol–water partition coefficient (Wildman–Crippen LogP) is 2.10. The lowest BCUT2D eigenvalue weighted by atomic mass is 10.3. The smallest absolute Gasteiger partial charge is 0.326 e. The van der Waals surface area contributed by atoms with Gasteiger partial charge in [0.1, 0.15) is 12.6 Å². The fourth-order valence-corrected chi connectivity index (χ4v) is 2.62. The molecule has 1 aliphatic carbocycles. The second-order valence-electron chi connectivity index (χ2n) is 4.94. The maximum absolute atomic E-state index is 11.9. The summed E-state index contributed by atoms with van der Waals surface area (Å²) >= 11 is 0. The van der Waals surface area contributed by atoms with E-state index in [1.54, 1.807) is 4.57 Å². The number of fused-ring (bicyclic) bond motifs is 1. The van der Waals surface area contributed by atoms with Gasteiger partial charge in [-0.2, -0.15) is 0 Å². The Morgan fingerprint density at radius 1 is 1.37 bits per heavy atom. The first-order chi connectivity index (χ1) is 9.24. The molecule has 1 aromatic carbocycles. The zero-order chi connectivity index (χ0) is 13.2. The summed E-state index contributed by atoms with van der Waals surface area (Å²) in [5, 5.41) is 0. The molecule has 0 atom stereocenters. The molecule has 1 heterocycles. The molecule has 100 valence electrons. The molecule has 1 fully saturated rings. The Labute approximate surface area is 111 Å². The third kappa shape index (κ3) is 2.41. The van der Waals surface area contributed by atoms with Crippen LogP contribution in [0.1, 0.15) is 25.7 Å². The van der Waals surface area contributed by atoms with Crippen LogP contribution in [0.2, 0.25) is 0 Å². The third-order valence-corrected chi connectivity index (χ3v) is 3.57. The first-order valence-corrected chi connectivity index (χ1v) is 6.64. The Morgan fingerprint density at radius 3 is 2.89 bits per heavy atom. The summed E-state index contributed by atoms with van der Waals surface area (Å²) in [4.78, 5) is 16.2. The van der Waals surface area contributed by atoms with Gasteiger partial charge in [0.25, 0.3) is 0 Å². The Kier molecular flexibility index (Phi) is 3.11. The van der Waals surface area contributed by atoms with Crippen molar-refractivity contribution in [1.82, 2.24) is 9.55 Å². The third-order valence-electron chi connectivity index (χ3n) is 3.57. The Bertz CT molecular complexity index is 600. The first-order valence-electron chi connectivity index (χ1n) is 6.64. The number of ether oxygens (including phenoxy) is 1. The molecule has 2 aromatic rings. The summed E-state index contributed by atoms with van der Waals surface area (Å²) in [5.41, 5.74) is 7.52. The Balaban J connectivity index is 1.77. The molecule has 0 spiro atoms. The minimum atomic E-state index is -0.234. The van der Waals surface area contributed by atoms with Gasteiger partial charge in [-0.05, 0) is 37.8 Å². The summed E-state index contributed by atoms with van der Waals surface area (Å²) < 4.78 is 7.15. The van der Waals surface area contributed by atoms with Gasteiger partial charge in [-0.1, -0.05) is 12.1 Å². The van der Waals surface area contributed by atoms with E-state index in [0.717, 1.165) is 36.7 Å². The van der Waals surface area contributed by atoms with Crippen molar-refractivity contribution in [2.75, 3.05) is 5.73 Å². The van der Waals surface area contributed by atoms with Gasteiger partial charge in [-0.3, -0.25) is 9.36 Å². The minimum absolute atomic E-state index is 0.0866. The van der Waals surface area contributed by atoms with Crippen LogP contribution in [-0.4, -0.2) is 21.6 Å². The van der Waals surface area contributed by atoms with Crippen LogP contribution >= 0.6 is 0 Å². The quantitative estimate of drug-likeness (QED) is 0.857. The van der Waals surface area contributed by atoms with Gasteiger partial charge in [-0.25, -0.2) is 4.98 Å². The van der Waals surface area contributed by atoms with Crippen molar-refractivity contribution >= 4 is 23.0 Å². The fourth-order valence-electron chi connectivity index (χ4n) is 2.62. The SMILES string of the molecule is Nc1nc2ccccc2n1CC(=O)OC1CCCC1. The summed E-state index contributed by atoms with van der Waals surface area (Å²) in [5.74, 6) is 0.117. The molecule has 1 aliphatic rings. The molecule has 2 N–H and O–H groups in total. The van der Waals surface area contributed by atoms with Gasteiger partial charge in [0, 0.05) is 0 Å². The maximum Gasteiger partial charge on any atom is 0.326 e. The number of nitrogens with two attached hydrogens (primary N) is 1. The lowest BCUT2D eigenvalue weighted by Gasteiger charge is -2.12. The second kappa shape index (κ2) is 4.91. The van der Waals surface area contributed by atoms with Crippen molar-refractivity contribution < 1.29 is 9.53 Å². The van der Waals surface area contributed by atoms with Gasteiger partial charge < -0.3 is 10.5 Å². The summed E-state index contributed by atoms with van der Waals surface area (Å²) in [7, 11) is 0. The van der Waals surface area contributed by atoms with Crippen LogP contribution in [0.4, 0.5) is 5.95 Å². The van der Waals surface area contributed by atoms with Crippen molar-refractivity contribution in [3.05, 3.63) is 24.3 Å². The molecular weight excluding hydrogens is 242 g/mol. The summed E-state index contributed by atoms with van der Waals surface area (Å²) in [6, 6.07) is 7.59. The molecule has 0 amide bonds. The number of anilines is 1. The maximum atomic E-state index is 11.9. The molecule has 0 bridgehead atoms. The zero-order valence-electron chi connectivity index (χ0n) is 10.7. The van der Waals surface area contributed by atoms with E-state index in [0.29, 0.717) is 5.95 Å². The molecule has 5 heteroatoms. The van der Waals surface area contributed by atoms with Gasteiger partial charge in [0.2, 0.25) is 5.95 Å². The van der Waals surface area contributed by atoms with E-state index in [9.17, 15) is 4.79 Å². The van der Waals surface area contributed by atoms with E-state index in [-0.39, 0.29) is 18.6 Å². The van der Waals surface area contributed by atoms with Crippen molar-refractivity contribution in [3.63, 3.8) is 0 Å². The zero-order valence-corrected chi connectivity index (χ0v) is 10.7. The topological polar surface area (TPSA) is 70.1 Å². The molecule has 0 saturated heterocycles. The molecule has 1 saturated carbocycles. The lowest BCUT2D eigenvalue weighted by Crippen LogP contribution is -2.20. The predicted molar refractivity (Wildman–Crippen MR) is 72.5 cm³/mol. The number of esters is 1. The summed E-state index contributed by atoms with van der Waals surface area (Å²) in [6.07, 6.45) is 4.34. The van der Waals surface area contributed by atoms with Gasteiger partial charge >= 0.3 is 5.97 Å². The van der Waals surface area contributed by atoms with Crippen molar-refractivity contribution in [3.8, 4) is 0 Å². The van der Waals surface area contributed by atoms with Crippen LogP contribution in [-0.2, 0) is 16.1 Å². The molecule has 5 nitrogen and oxygen atoms in total. The minimum Gasteiger partial charge on any atom is -0.461 e. The van der Waals surface area contributed by atoms with Gasteiger partial charge in [0.05, 0.1) is 11.0 Å². The number of hydrogen-bond donors (Lipinski definition) is 1. The molecule has 0 radical (unpaired) electrons. The number of benzene rings is 1. The van der Waals surface area contributed by atoms with Crippen molar-refractivity contribution in [2.24, 2.45) is 0 Å². The Morgan fingerprint density at radius 2 is 2.11 bits per heavy atom. The number of carbonyl (C=O) groups is 1. The van der Waals surface area contributed by atoms with Crippen LogP contribution < -0.4 is 5.73 Å². The fraction of sp³-hybridized carbons (Fsp3) is 0.429. The number of nitrogens with zero attached hydrogens (tertiary/aromatic N) is 2. The second-order valence-corrected chi connectivity index (χ2v) is 4.94. The molecule has 0 aliphatic heterocycles. The van der Waals surface area contributed by atoms with Crippen LogP contribution in [0, 0.1) is 0 Å². The monoisotopic (exact) mass is 259 g/mol. The van der Waals surface area contributed by atoms with Crippen molar-refractivity contribution in [1.29, 1.82) is 0 Å². The number of hydrogen-bond acceptors (Lipinski definition) is 4. The van der Waals surface area contributed by atoms with Gasteiger partial charge in [-0.15, -0.1) is 0 Å². The van der Waals surface area contributed by atoms with E-state index in [1.165, 1.54) is 0 Å². The molecule has 1 aromatic heterocycles. The number of rotatable bonds is 3. The molecular formula is C14H17N3O2. The highest BCUT2D eigenvalue weighted by molar-refractivity contribution is 5.81. The summed E-state index contributed by atoms with van der Waals surface area (Å²) in [6.45, 7) is 0.128. The van der Waals surface area contributed by atoms with Crippen molar-refractivity contribution in [2.45, 2.75) is 38.3 Å². The van der Waals surface area contributed by atoms with Crippen LogP contribution in [0.15, 0.2) is 24.3 Å². The van der Waals surface area contributed by atoms with Gasteiger partial charge in [0.15, 0.2) is 0 Å². The highest BCUT2D eigenvalue weighted by atomic mass is 16.5. The standard InChI is InChI=1S/C14H17N3O2/c15-14-16-11-7-3-4-8-12(11)17(14)9-13(18)19-10-5-1-2-6-10/h3-4,7-8,10H,1-2,5-6,9H2,(H2,15,16). The highest BCUT2D eigenvalue weighted by Crippen LogP contribution is 2.22. The average molecular weight is 259 g/mol. The number of nitrogen functional groups attached to an aromatic ring is 1. The van der Waals surface area contributed by atoms with E-state index >= 15 is 0 Å². The van der Waals surface area contributed by atoms with E-state index in [2.05, 4.69) is 4.98 Å². The Hall–Kier alpha value is -2.04. The largest absolute Gasteiger partial charge is 0.461 e. The van der Waals surface area contributed by atoms with E-state index in [4.69, 9.17) is 10.5 Å².